The lowest BCUT2D eigenvalue weighted by molar-refractivity contribution is -0.150. The topological polar surface area (TPSA) is 58.6 Å². The Morgan fingerprint density at radius 1 is 0.867 bits per heavy atom. The van der Waals surface area contributed by atoms with E-state index < -0.39 is 0 Å². The van der Waals surface area contributed by atoms with Crippen molar-refractivity contribution in [1.29, 1.82) is 0 Å². The molecule has 4 nitrogen and oxygen atoms in total. The van der Waals surface area contributed by atoms with E-state index in [1.165, 1.54) is 44.9 Å². The number of esters is 1. The first-order valence-electron chi connectivity index (χ1n) is 13.0. The van der Waals surface area contributed by atoms with Crippen LogP contribution < -0.4 is 5.32 Å². The SMILES string of the molecule is CCCCC(CC)CCC(CC(C)C)OC(=O)CCCCCCNCCCCCO. The third-order valence-electron chi connectivity index (χ3n) is 5.97. The first-order chi connectivity index (χ1) is 14.5. The molecule has 0 aliphatic rings. The molecule has 0 aromatic heterocycles. The quantitative estimate of drug-likeness (QED) is 0.150. The van der Waals surface area contributed by atoms with E-state index >= 15 is 0 Å². The molecule has 0 radical (unpaired) electrons. The van der Waals surface area contributed by atoms with Gasteiger partial charge in [0.2, 0.25) is 0 Å². The zero-order valence-electron chi connectivity index (χ0n) is 20.7. The highest BCUT2D eigenvalue weighted by atomic mass is 16.5. The predicted molar refractivity (Wildman–Crippen MR) is 129 cm³/mol. The van der Waals surface area contributed by atoms with Gasteiger partial charge in [-0.2, -0.15) is 0 Å². The maximum Gasteiger partial charge on any atom is 0.306 e. The van der Waals surface area contributed by atoms with Crippen LogP contribution in [-0.4, -0.2) is 36.9 Å². The first-order valence-corrected chi connectivity index (χ1v) is 13.0. The zero-order chi connectivity index (χ0) is 22.5. The van der Waals surface area contributed by atoms with Crippen molar-refractivity contribution in [3.8, 4) is 0 Å². The standard InChI is InChI=1S/C26H53NO3/c1-5-7-15-24(6-2)17-18-25(22-23(3)4)30-26(29)16-11-8-9-12-19-27-20-13-10-14-21-28/h23-25,27-28H,5-22H2,1-4H3. The lowest BCUT2D eigenvalue weighted by Crippen LogP contribution is -2.21. The van der Waals surface area contributed by atoms with E-state index in [2.05, 4.69) is 33.0 Å². The summed E-state index contributed by atoms with van der Waals surface area (Å²) in [7, 11) is 0. The molecule has 0 heterocycles. The van der Waals surface area contributed by atoms with E-state index in [9.17, 15) is 4.79 Å². The Hall–Kier alpha value is -0.610. The molecule has 0 saturated carbocycles. The van der Waals surface area contributed by atoms with Crippen molar-refractivity contribution >= 4 is 5.97 Å². The highest BCUT2D eigenvalue weighted by molar-refractivity contribution is 5.69. The molecule has 2 N–H and O–H groups in total. The zero-order valence-corrected chi connectivity index (χ0v) is 20.7. The molecule has 4 heteroatoms. The number of aliphatic hydroxyl groups excluding tert-OH is 1. The first kappa shape index (κ1) is 29.4. The Bertz CT molecular complexity index is 373. The van der Waals surface area contributed by atoms with Crippen LogP contribution in [0.1, 0.15) is 124 Å². The van der Waals surface area contributed by atoms with Crippen molar-refractivity contribution in [3.63, 3.8) is 0 Å². The lowest BCUT2D eigenvalue weighted by atomic mass is 9.91. The van der Waals surface area contributed by atoms with E-state index in [0.717, 1.165) is 64.0 Å². The number of nitrogens with one attached hydrogen (secondary N) is 1. The fourth-order valence-electron chi connectivity index (χ4n) is 4.00. The van der Waals surface area contributed by atoms with Gasteiger partial charge in [0, 0.05) is 13.0 Å². The molecule has 0 aliphatic heterocycles. The van der Waals surface area contributed by atoms with Gasteiger partial charge in [-0.25, -0.2) is 0 Å². The molecule has 0 fully saturated rings. The summed E-state index contributed by atoms with van der Waals surface area (Å²) in [4.78, 5) is 12.3. The van der Waals surface area contributed by atoms with Gasteiger partial charge in [-0.1, -0.05) is 66.2 Å². The summed E-state index contributed by atoms with van der Waals surface area (Å²) in [5.41, 5.74) is 0. The molecule has 0 spiro atoms. The maximum atomic E-state index is 12.3. The van der Waals surface area contributed by atoms with Crippen LogP contribution in [0.5, 0.6) is 0 Å². The van der Waals surface area contributed by atoms with Crippen molar-refractivity contribution in [1.82, 2.24) is 5.32 Å². The Balaban J connectivity index is 3.89. The van der Waals surface area contributed by atoms with Crippen LogP contribution in [-0.2, 0) is 9.53 Å². The Morgan fingerprint density at radius 3 is 2.13 bits per heavy atom. The van der Waals surface area contributed by atoms with Crippen LogP contribution in [0.25, 0.3) is 0 Å². The molecule has 2 atom stereocenters. The van der Waals surface area contributed by atoms with E-state index in [1.54, 1.807) is 0 Å². The van der Waals surface area contributed by atoms with Gasteiger partial charge in [0.1, 0.15) is 6.10 Å². The van der Waals surface area contributed by atoms with E-state index in [0.29, 0.717) is 18.9 Å². The van der Waals surface area contributed by atoms with Crippen LogP contribution in [0.15, 0.2) is 0 Å². The van der Waals surface area contributed by atoms with Crippen molar-refractivity contribution < 1.29 is 14.6 Å². The van der Waals surface area contributed by atoms with Crippen LogP contribution >= 0.6 is 0 Å². The van der Waals surface area contributed by atoms with Crippen LogP contribution in [0.4, 0.5) is 0 Å². The number of carbonyl (C=O) groups excluding carboxylic acids is 1. The van der Waals surface area contributed by atoms with Gasteiger partial charge < -0.3 is 15.2 Å². The molecular weight excluding hydrogens is 374 g/mol. The molecular formula is C26H53NO3. The molecule has 180 valence electrons. The van der Waals surface area contributed by atoms with Crippen LogP contribution in [0, 0.1) is 11.8 Å². The van der Waals surface area contributed by atoms with Crippen molar-refractivity contribution in [3.05, 3.63) is 0 Å². The normalized spacial score (nSPS) is 13.5. The number of hydrogen-bond acceptors (Lipinski definition) is 4. The van der Waals surface area contributed by atoms with Crippen molar-refractivity contribution in [2.45, 2.75) is 130 Å². The molecule has 0 bridgehead atoms. The number of hydrogen-bond donors (Lipinski definition) is 2. The van der Waals surface area contributed by atoms with Crippen molar-refractivity contribution in [2.75, 3.05) is 19.7 Å². The van der Waals surface area contributed by atoms with E-state index in [-0.39, 0.29) is 12.1 Å². The summed E-state index contributed by atoms with van der Waals surface area (Å²) >= 11 is 0. The Labute approximate surface area is 187 Å². The summed E-state index contributed by atoms with van der Waals surface area (Å²) in [5.74, 6) is 1.35. The molecule has 0 aromatic rings. The van der Waals surface area contributed by atoms with Gasteiger partial charge >= 0.3 is 5.97 Å². The molecule has 30 heavy (non-hydrogen) atoms. The smallest absolute Gasteiger partial charge is 0.306 e. The largest absolute Gasteiger partial charge is 0.462 e. The van der Waals surface area contributed by atoms with Gasteiger partial charge in [0.05, 0.1) is 0 Å². The van der Waals surface area contributed by atoms with Crippen molar-refractivity contribution in [2.24, 2.45) is 11.8 Å². The fraction of sp³-hybridized carbons (Fsp3) is 0.962. The molecule has 2 unspecified atom stereocenters. The van der Waals surface area contributed by atoms with Gasteiger partial charge in [-0.05, 0) is 76.3 Å². The van der Waals surface area contributed by atoms with E-state index in [1.807, 2.05) is 0 Å². The second-order valence-corrected chi connectivity index (χ2v) is 9.43. The third-order valence-corrected chi connectivity index (χ3v) is 5.97. The number of unbranched alkanes of at least 4 members (excludes halogenated alkanes) is 6. The monoisotopic (exact) mass is 427 g/mol. The minimum atomic E-state index is 0.00395. The number of ether oxygens (including phenoxy) is 1. The molecule has 0 aliphatic carbocycles. The average Bonchev–Trinajstić information content (AvgIpc) is 2.71. The number of carbonyl (C=O) groups is 1. The fourth-order valence-corrected chi connectivity index (χ4v) is 4.00. The summed E-state index contributed by atoms with van der Waals surface area (Å²) in [6, 6.07) is 0. The molecule has 0 aromatic carbocycles. The van der Waals surface area contributed by atoms with Gasteiger partial charge in [-0.15, -0.1) is 0 Å². The summed E-state index contributed by atoms with van der Waals surface area (Å²) in [6.45, 7) is 11.4. The number of aliphatic hydroxyl groups is 1. The minimum absolute atomic E-state index is 0.00395. The Morgan fingerprint density at radius 2 is 1.53 bits per heavy atom. The Kier molecular flexibility index (Phi) is 21.2. The van der Waals surface area contributed by atoms with E-state index in [4.69, 9.17) is 9.84 Å². The van der Waals surface area contributed by atoms with Gasteiger partial charge in [-0.3, -0.25) is 4.79 Å². The molecule has 0 amide bonds. The molecule has 0 saturated heterocycles. The average molecular weight is 428 g/mol. The second-order valence-electron chi connectivity index (χ2n) is 9.43. The van der Waals surface area contributed by atoms with Gasteiger partial charge in [0.15, 0.2) is 0 Å². The second kappa shape index (κ2) is 21.6. The van der Waals surface area contributed by atoms with Crippen LogP contribution in [0.2, 0.25) is 0 Å². The number of rotatable bonds is 22. The minimum Gasteiger partial charge on any atom is -0.462 e. The third kappa shape index (κ3) is 19.4. The van der Waals surface area contributed by atoms with Crippen LogP contribution in [0.3, 0.4) is 0 Å². The summed E-state index contributed by atoms with van der Waals surface area (Å²) < 4.78 is 5.88. The highest BCUT2D eigenvalue weighted by Crippen LogP contribution is 2.23. The maximum absolute atomic E-state index is 12.3. The molecule has 0 rings (SSSR count). The lowest BCUT2D eigenvalue weighted by Gasteiger charge is -2.22. The summed E-state index contributed by atoms with van der Waals surface area (Å²) in [6.07, 6.45) is 16.5. The van der Waals surface area contributed by atoms with Gasteiger partial charge in [0.25, 0.3) is 0 Å². The predicted octanol–water partition coefficient (Wildman–Crippen LogP) is 6.64. The summed E-state index contributed by atoms with van der Waals surface area (Å²) in [5, 5.41) is 12.2. The highest BCUT2D eigenvalue weighted by Gasteiger charge is 2.18.